The summed E-state index contributed by atoms with van der Waals surface area (Å²) in [4.78, 5) is 20.2. The van der Waals surface area contributed by atoms with Crippen LogP contribution in [0.1, 0.15) is 24.1 Å². The Morgan fingerprint density at radius 1 is 1.05 bits per heavy atom. The van der Waals surface area contributed by atoms with Crippen LogP contribution in [0.3, 0.4) is 0 Å². The highest BCUT2D eigenvalue weighted by molar-refractivity contribution is 5.84. The number of nitrogens with zero attached hydrogens (tertiary/aromatic N) is 6. The maximum atomic E-state index is 14.6. The second kappa shape index (κ2) is 10.5. The zero-order valence-corrected chi connectivity index (χ0v) is 22.3. The number of rotatable bonds is 7. The maximum absolute atomic E-state index is 14.6. The standard InChI is InChI=1S/C30H31FN8O/c1-40-27-7-6-20(13-23(27)31)24-14-21(17-39-19-37-28-25(39)8-11-35-29(28)32)26(16-36-24)38-12-4-9-30(33,18-38)15-22-5-2-3-10-34-22/h2-3,5-8,10-11,13-14,16,19H,4,9,12,15,17-18,33H2,1H3,(H2,32,35)/t30-/m0/s1. The van der Waals surface area contributed by atoms with Gasteiger partial charge in [0, 0.05) is 48.7 Å². The van der Waals surface area contributed by atoms with Gasteiger partial charge in [0.05, 0.1) is 43.1 Å². The first-order valence-electron chi connectivity index (χ1n) is 13.2. The molecule has 0 bridgehead atoms. The zero-order chi connectivity index (χ0) is 27.7. The van der Waals surface area contributed by atoms with Gasteiger partial charge in [-0.1, -0.05) is 6.07 Å². The van der Waals surface area contributed by atoms with Crippen molar-refractivity contribution in [1.29, 1.82) is 0 Å². The molecule has 5 heterocycles. The average molecular weight is 539 g/mol. The fraction of sp³-hybridized carbons (Fsp3) is 0.267. The van der Waals surface area contributed by atoms with E-state index in [0.29, 0.717) is 42.1 Å². The van der Waals surface area contributed by atoms with Gasteiger partial charge < -0.3 is 25.7 Å². The number of methoxy groups -OCH3 is 1. The van der Waals surface area contributed by atoms with Crippen molar-refractivity contribution in [2.24, 2.45) is 5.73 Å². The minimum atomic E-state index is -0.436. The van der Waals surface area contributed by atoms with Gasteiger partial charge in [-0.25, -0.2) is 14.4 Å². The molecule has 6 rings (SSSR count). The van der Waals surface area contributed by atoms with Crippen LogP contribution in [0.25, 0.3) is 22.3 Å². The van der Waals surface area contributed by atoms with Crippen molar-refractivity contribution in [1.82, 2.24) is 24.5 Å². The van der Waals surface area contributed by atoms with Crippen LogP contribution in [0.5, 0.6) is 5.75 Å². The SMILES string of the molecule is COc1ccc(-c2cc(Cn3cnc4c(N)nccc43)c(N3CCC[C@](N)(Cc4ccccn4)C3)cn2)cc1F. The fourth-order valence-electron chi connectivity index (χ4n) is 5.58. The molecular weight excluding hydrogens is 507 g/mol. The molecule has 1 fully saturated rings. The summed E-state index contributed by atoms with van der Waals surface area (Å²) in [6, 6.07) is 14.7. The summed E-state index contributed by atoms with van der Waals surface area (Å²) in [7, 11) is 1.45. The summed E-state index contributed by atoms with van der Waals surface area (Å²) in [5, 5.41) is 0. The number of hydrogen-bond acceptors (Lipinski definition) is 8. The van der Waals surface area contributed by atoms with Crippen molar-refractivity contribution in [2.75, 3.05) is 30.8 Å². The summed E-state index contributed by atoms with van der Waals surface area (Å²) >= 11 is 0. The number of nitrogens with two attached hydrogens (primary N) is 2. The lowest BCUT2D eigenvalue weighted by Crippen LogP contribution is -2.56. The number of piperidine rings is 1. The van der Waals surface area contributed by atoms with E-state index in [1.54, 1.807) is 24.8 Å². The van der Waals surface area contributed by atoms with Crippen LogP contribution >= 0.6 is 0 Å². The van der Waals surface area contributed by atoms with Gasteiger partial charge in [-0.05, 0) is 60.9 Å². The third-order valence-electron chi connectivity index (χ3n) is 7.53. The van der Waals surface area contributed by atoms with E-state index in [4.69, 9.17) is 21.2 Å². The molecule has 1 atom stereocenters. The normalized spacial score (nSPS) is 17.3. The van der Waals surface area contributed by atoms with Gasteiger partial charge in [0.1, 0.15) is 5.52 Å². The van der Waals surface area contributed by atoms with Crippen molar-refractivity contribution < 1.29 is 9.13 Å². The Morgan fingerprint density at radius 2 is 1.95 bits per heavy atom. The van der Waals surface area contributed by atoms with Gasteiger partial charge >= 0.3 is 0 Å². The number of hydrogen-bond donors (Lipinski definition) is 2. The largest absolute Gasteiger partial charge is 0.494 e. The number of fused-ring (bicyclic) bond motifs is 1. The molecule has 1 aliphatic rings. The van der Waals surface area contributed by atoms with E-state index in [-0.39, 0.29) is 5.75 Å². The lowest BCUT2D eigenvalue weighted by atomic mass is 9.85. The molecular formula is C30H31FN8O. The highest BCUT2D eigenvalue weighted by atomic mass is 19.1. The second-order valence-corrected chi connectivity index (χ2v) is 10.4. The minimum Gasteiger partial charge on any atom is -0.494 e. The van der Waals surface area contributed by atoms with Crippen LogP contribution in [0.15, 0.2) is 73.4 Å². The van der Waals surface area contributed by atoms with E-state index >= 15 is 0 Å². The fourth-order valence-corrected chi connectivity index (χ4v) is 5.58. The van der Waals surface area contributed by atoms with Crippen LogP contribution in [-0.2, 0) is 13.0 Å². The van der Waals surface area contributed by atoms with Crippen molar-refractivity contribution in [3.05, 3.63) is 90.5 Å². The maximum Gasteiger partial charge on any atom is 0.165 e. The van der Waals surface area contributed by atoms with Gasteiger partial charge in [-0.3, -0.25) is 9.97 Å². The van der Waals surface area contributed by atoms with Crippen LogP contribution in [0.2, 0.25) is 0 Å². The predicted octanol–water partition coefficient (Wildman–Crippen LogP) is 4.21. The number of nitrogen functional groups attached to an aromatic ring is 1. The summed E-state index contributed by atoms with van der Waals surface area (Å²) in [6.45, 7) is 2.03. The first kappa shape index (κ1) is 25.7. The molecule has 204 valence electrons. The van der Waals surface area contributed by atoms with Crippen LogP contribution in [0, 0.1) is 5.82 Å². The third-order valence-corrected chi connectivity index (χ3v) is 7.53. The van der Waals surface area contributed by atoms with Gasteiger partial charge in [-0.15, -0.1) is 0 Å². The lowest BCUT2D eigenvalue weighted by molar-refractivity contribution is 0.339. The third kappa shape index (κ3) is 5.05. The van der Waals surface area contributed by atoms with Crippen LogP contribution in [-0.4, -0.2) is 50.2 Å². The van der Waals surface area contributed by atoms with Gasteiger partial charge in [0.25, 0.3) is 0 Å². The molecule has 0 aliphatic carbocycles. The Morgan fingerprint density at radius 3 is 2.75 bits per heavy atom. The molecule has 0 amide bonds. The number of halogens is 1. The lowest BCUT2D eigenvalue weighted by Gasteiger charge is -2.42. The van der Waals surface area contributed by atoms with E-state index in [9.17, 15) is 4.39 Å². The number of imidazole rings is 1. The zero-order valence-electron chi connectivity index (χ0n) is 22.3. The molecule has 9 nitrogen and oxygen atoms in total. The molecule has 0 radical (unpaired) electrons. The summed E-state index contributed by atoms with van der Waals surface area (Å²) in [6.07, 6.45) is 9.67. The Bertz CT molecular complexity index is 1660. The van der Waals surface area contributed by atoms with Crippen molar-refractivity contribution in [3.63, 3.8) is 0 Å². The highest BCUT2D eigenvalue weighted by Crippen LogP contribution is 2.33. The average Bonchev–Trinajstić information content (AvgIpc) is 3.37. The molecule has 10 heteroatoms. The molecule has 1 saturated heterocycles. The van der Waals surface area contributed by atoms with E-state index in [0.717, 1.165) is 41.8 Å². The topological polar surface area (TPSA) is 121 Å². The summed E-state index contributed by atoms with van der Waals surface area (Å²) in [5.74, 6) is 0.144. The van der Waals surface area contributed by atoms with Crippen LogP contribution in [0.4, 0.5) is 15.9 Å². The predicted molar refractivity (Wildman–Crippen MR) is 154 cm³/mol. The Kier molecular flexibility index (Phi) is 6.77. The molecule has 5 aromatic rings. The number of benzene rings is 1. The van der Waals surface area contributed by atoms with Gasteiger partial charge in [0.2, 0.25) is 0 Å². The molecule has 40 heavy (non-hydrogen) atoms. The number of pyridine rings is 3. The van der Waals surface area contributed by atoms with E-state index < -0.39 is 11.4 Å². The van der Waals surface area contributed by atoms with Gasteiger partial charge in [0.15, 0.2) is 17.4 Å². The van der Waals surface area contributed by atoms with Crippen molar-refractivity contribution in [2.45, 2.75) is 31.3 Å². The van der Waals surface area contributed by atoms with Gasteiger partial charge in [-0.2, -0.15) is 0 Å². The van der Waals surface area contributed by atoms with Crippen molar-refractivity contribution in [3.8, 4) is 17.0 Å². The smallest absolute Gasteiger partial charge is 0.165 e. The molecule has 0 saturated carbocycles. The number of anilines is 2. The molecule has 4 aromatic heterocycles. The minimum absolute atomic E-state index is 0.192. The Labute approximate surface area is 231 Å². The molecule has 1 aliphatic heterocycles. The molecule has 0 unspecified atom stereocenters. The second-order valence-electron chi connectivity index (χ2n) is 10.4. The monoisotopic (exact) mass is 538 g/mol. The summed E-state index contributed by atoms with van der Waals surface area (Å²) < 4.78 is 21.7. The number of ether oxygens (including phenoxy) is 1. The molecule has 1 aromatic carbocycles. The molecule has 0 spiro atoms. The molecule has 4 N–H and O–H groups in total. The van der Waals surface area contributed by atoms with Crippen molar-refractivity contribution >= 4 is 22.5 Å². The van der Waals surface area contributed by atoms with Crippen LogP contribution < -0.4 is 21.1 Å². The van der Waals surface area contributed by atoms with E-state index in [2.05, 4.69) is 19.9 Å². The first-order chi connectivity index (χ1) is 19.4. The number of aromatic nitrogens is 5. The van der Waals surface area contributed by atoms with E-state index in [1.165, 1.54) is 13.2 Å². The first-order valence-corrected chi connectivity index (χ1v) is 13.2. The quantitative estimate of drug-likeness (QED) is 0.316. The Hall–Kier alpha value is -4.57. The summed E-state index contributed by atoms with van der Waals surface area (Å²) in [5.41, 5.74) is 18.5. The highest BCUT2D eigenvalue weighted by Gasteiger charge is 2.33. The van der Waals surface area contributed by atoms with E-state index in [1.807, 2.05) is 47.2 Å². The Balaban J connectivity index is 1.38.